The van der Waals surface area contributed by atoms with Crippen LogP contribution >= 0.6 is 11.6 Å². The van der Waals surface area contributed by atoms with Gasteiger partial charge >= 0.3 is 0 Å². The first kappa shape index (κ1) is 15.2. The fourth-order valence-electron chi connectivity index (χ4n) is 3.52. The largest absolute Gasteiger partial charge is 0.378 e. The molecule has 0 bridgehead atoms. The zero-order valence-electron chi connectivity index (χ0n) is 13.3. The molecule has 8 heteroatoms. The van der Waals surface area contributed by atoms with E-state index >= 15 is 0 Å². The summed E-state index contributed by atoms with van der Waals surface area (Å²) in [6.45, 7) is 5.98. The second kappa shape index (κ2) is 6.30. The number of nitrogens with one attached hydrogen (secondary N) is 1. The average molecular weight is 340 g/mol. The molecule has 3 aliphatic rings. The Bertz CT molecular complexity index is 575. The molecular formula is C15H22ClN5O2. The molecule has 2 unspecified atom stereocenters. The van der Waals surface area contributed by atoms with Crippen LogP contribution in [-0.2, 0) is 9.47 Å². The highest BCUT2D eigenvalue weighted by Crippen LogP contribution is 2.42. The van der Waals surface area contributed by atoms with Gasteiger partial charge in [0.15, 0.2) is 11.6 Å². The summed E-state index contributed by atoms with van der Waals surface area (Å²) in [7, 11) is 0. The molecular weight excluding hydrogens is 318 g/mol. The smallest absolute Gasteiger partial charge is 0.226 e. The Morgan fingerprint density at radius 3 is 2.65 bits per heavy atom. The Hall–Kier alpha value is -1.31. The minimum absolute atomic E-state index is 0.0519. The van der Waals surface area contributed by atoms with Crippen LogP contribution in [0.25, 0.3) is 0 Å². The van der Waals surface area contributed by atoms with E-state index in [2.05, 4.69) is 32.0 Å². The van der Waals surface area contributed by atoms with Crippen LogP contribution in [0.5, 0.6) is 0 Å². The van der Waals surface area contributed by atoms with Crippen molar-refractivity contribution >= 4 is 28.9 Å². The summed E-state index contributed by atoms with van der Waals surface area (Å²) < 4.78 is 11.4. The fourth-order valence-corrected chi connectivity index (χ4v) is 3.68. The van der Waals surface area contributed by atoms with Crippen LogP contribution in [0.4, 0.5) is 17.3 Å². The molecule has 0 aliphatic carbocycles. The lowest BCUT2D eigenvalue weighted by atomic mass is 10.1. The molecule has 1 N–H and O–H groups in total. The van der Waals surface area contributed by atoms with Gasteiger partial charge in [0, 0.05) is 19.7 Å². The maximum atomic E-state index is 6.22. The zero-order chi connectivity index (χ0) is 15.8. The Balaban J connectivity index is 1.69. The molecule has 0 spiro atoms. The van der Waals surface area contributed by atoms with E-state index in [1.807, 2.05) is 0 Å². The van der Waals surface area contributed by atoms with Crippen molar-refractivity contribution in [1.29, 1.82) is 0 Å². The van der Waals surface area contributed by atoms with E-state index in [0.29, 0.717) is 13.2 Å². The van der Waals surface area contributed by atoms with E-state index in [1.165, 1.54) is 6.42 Å². The summed E-state index contributed by atoms with van der Waals surface area (Å²) in [5.74, 6) is 1.72. The molecule has 3 aliphatic heterocycles. The number of hydrogen-bond acceptors (Lipinski definition) is 7. The maximum Gasteiger partial charge on any atom is 0.226 e. The first-order valence-corrected chi connectivity index (χ1v) is 8.68. The van der Waals surface area contributed by atoms with Gasteiger partial charge in [0.2, 0.25) is 5.28 Å². The minimum atomic E-state index is 0.0519. The van der Waals surface area contributed by atoms with Crippen molar-refractivity contribution in [2.24, 2.45) is 0 Å². The lowest BCUT2D eigenvalue weighted by Gasteiger charge is -2.34. The summed E-state index contributed by atoms with van der Waals surface area (Å²) in [4.78, 5) is 13.4. The predicted octanol–water partition coefficient (Wildman–Crippen LogP) is 2.07. The lowest BCUT2D eigenvalue weighted by molar-refractivity contribution is 0.0118. The maximum absolute atomic E-state index is 6.22. The third-order valence-electron chi connectivity index (χ3n) is 4.64. The van der Waals surface area contributed by atoms with E-state index in [-0.39, 0.29) is 17.7 Å². The molecule has 4 heterocycles. The number of rotatable bonds is 2. The van der Waals surface area contributed by atoms with Crippen LogP contribution in [0, 0.1) is 0 Å². The molecule has 0 amide bonds. The van der Waals surface area contributed by atoms with Gasteiger partial charge < -0.3 is 24.6 Å². The van der Waals surface area contributed by atoms with Gasteiger partial charge in [-0.05, 0) is 37.8 Å². The highest BCUT2D eigenvalue weighted by molar-refractivity contribution is 6.28. The number of hydrogen-bond donors (Lipinski definition) is 1. The number of anilines is 3. The highest BCUT2D eigenvalue weighted by atomic mass is 35.5. The minimum Gasteiger partial charge on any atom is -0.378 e. The first-order valence-electron chi connectivity index (χ1n) is 8.31. The van der Waals surface area contributed by atoms with Gasteiger partial charge in [-0.3, -0.25) is 0 Å². The molecule has 7 nitrogen and oxygen atoms in total. The first-order chi connectivity index (χ1) is 11.2. The topological polar surface area (TPSA) is 62.8 Å². The monoisotopic (exact) mass is 339 g/mol. The molecule has 0 saturated carbocycles. The van der Waals surface area contributed by atoms with Crippen LogP contribution in [-0.4, -0.2) is 55.3 Å². The van der Waals surface area contributed by atoms with Gasteiger partial charge in [-0.25, -0.2) is 0 Å². The molecule has 0 radical (unpaired) electrons. The van der Waals surface area contributed by atoms with Crippen LogP contribution in [0.2, 0.25) is 5.28 Å². The van der Waals surface area contributed by atoms with Crippen molar-refractivity contribution in [1.82, 2.24) is 9.97 Å². The Kier molecular flexibility index (Phi) is 4.17. The predicted molar refractivity (Wildman–Crippen MR) is 89.2 cm³/mol. The van der Waals surface area contributed by atoms with Gasteiger partial charge in [-0.2, -0.15) is 9.97 Å². The van der Waals surface area contributed by atoms with E-state index in [1.54, 1.807) is 0 Å². The number of ether oxygens (including phenoxy) is 2. The van der Waals surface area contributed by atoms with Crippen LogP contribution in [0.15, 0.2) is 0 Å². The van der Waals surface area contributed by atoms with Gasteiger partial charge in [0.25, 0.3) is 0 Å². The summed E-state index contributed by atoms with van der Waals surface area (Å²) in [6.07, 6.45) is 3.48. The molecule has 2 fully saturated rings. The van der Waals surface area contributed by atoms with Crippen LogP contribution in [0.1, 0.15) is 26.2 Å². The number of morpholine rings is 1. The number of fused-ring (bicyclic) bond motifs is 1. The highest BCUT2D eigenvalue weighted by Gasteiger charge is 2.37. The van der Waals surface area contributed by atoms with Crippen molar-refractivity contribution < 1.29 is 9.47 Å². The van der Waals surface area contributed by atoms with Crippen molar-refractivity contribution in [3.05, 3.63) is 5.28 Å². The molecule has 1 aromatic rings. The van der Waals surface area contributed by atoms with E-state index in [9.17, 15) is 0 Å². The van der Waals surface area contributed by atoms with Crippen molar-refractivity contribution in [3.63, 3.8) is 0 Å². The quantitative estimate of drug-likeness (QED) is 0.827. The van der Waals surface area contributed by atoms with Gasteiger partial charge in [-0.1, -0.05) is 0 Å². The molecule has 4 rings (SSSR count). The molecule has 2 atom stereocenters. The number of nitrogens with zero attached hydrogens (tertiary/aromatic N) is 4. The standard InChI is InChI=1S/C15H22ClN5O2/c1-10-17-12-13(20-5-8-22-9-6-20)18-15(16)19-14(12)21(10)11-4-2-3-7-23-11/h10-11,17H,2-9H2,1H3. The summed E-state index contributed by atoms with van der Waals surface area (Å²) >= 11 is 6.22. The second-order valence-electron chi connectivity index (χ2n) is 6.16. The van der Waals surface area contributed by atoms with Crippen molar-refractivity contribution in [2.45, 2.75) is 38.6 Å². The summed E-state index contributed by atoms with van der Waals surface area (Å²) in [6, 6.07) is 0. The molecule has 1 aromatic heterocycles. The van der Waals surface area contributed by atoms with Crippen LogP contribution < -0.4 is 15.1 Å². The molecule has 0 aromatic carbocycles. The molecule has 23 heavy (non-hydrogen) atoms. The van der Waals surface area contributed by atoms with Gasteiger partial charge in [-0.15, -0.1) is 0 Å². The molecule has 2 saturated heterocycles. The van der Waals surface area contributed by atoms with E-state index in [0.717, 1.165) is 49.9 Å². The zero-order valence-corrected chi connectivity index (χ0v) is 14.1. The third-order valence-corrected chi connectivity index (χ3v) is 4.80. The Labute approximate surface area is 140 Å². The van der Waals surface area contributed by atoms with E-state index < -0.39 is 0 Å². The molecule has 126 valence electrons. The van der Waals surface area contributed by atoms with Crippen molar-refractivity contribution in [2.75, 3.05) is 48.0 Å². The SMILES string of the molecule is CC1Nc2c(N3CCOCC3)nc(Cl)nc2N1C1CCCCO1. The van der Waals surface area contributed by atoms with Gasteiger partial charge in [0.05, 0.1) is 13.2 Å². The van der Waals surface area contributed by atoms with Crippen LogP contribution in [0.3, 0.4) is 0 Å². The number of halogens is 1. The normalized spacial score (nSPS) is 27.7. The van der Waals surface area contributed by atoms with E-state index in [4.69, 9.17) is 21.1 Å². The fraction of sp³-hybridized carbons (Fsp3) is 0.733. The lowest BCUT2D eigenvalue weighted by Crippen LogP contribution is -2.45. The number of aromatic nitrogens is 2. The summed E-state index contributed by atoms with van der Waals surface area (Å²) in [5.41, 5.74) is 0.956. The summed E-state index contributed by atoms with van der Waals surface area (Å²) in [5, 5.41) is 3.80. The average Bonchev–Trinajstić information content (AvgIpc) is 2.91. The van der Waals surface area contributed by atoms with Crippen molar-refractivity contribution in [3.8, 4) is 0 Å². The third kappa shape index (κ3) is 2.81. The Morgan fingerprint density at radius 1 is 1.13 bits per heavy atom. The Morgan fingerprint density at radius 2 is 1.91 bits per heavy atom. The van der Waals surface area contributed by atoms with Gasteiger partial charge in [0.1, 0.15) is 18.1 Å². The second-order valence-corrected chi connectivity index (χ2v) is 6.50.